The zero-order valence-corrected chi connectivity index (χ0v) is 18.9. The molecule has 0 spiro atoms. The van der Waals surface area contributed by atoms with Gasteiger partial charge in [-0.25, -0.2) is 4.79 Å². The van der Waals surface area contributed by atoms with Crippen LogP contribution in [0.2, 0.25) is 0 Å². The van der Waals surface area contributed by atoms with Gasteiger partial charge in [0.05, 0.1) is 30.0 Å². The number of nitrogens with zero attached hydrogens (tertiary/aromatic N) is 1. The number of hydrogen-bond donors (Lipinski definition) is 0. The zero-order valence-electron chi connectivity index (χ0n) is 18.9. The van der Waals surface area contributed by atoms with Gasteiger partial charge in [0.2, 0.25) is 0 Å². The normalized spacial score (nSPS) is 21.3. The van der Waals surface area contributed by atoms with E-state index in [1.165, 1.54) is 43.7 Å². The predicted octanol–water partition coefficient (Wildman–Crippen LogP) is 4.56. The maximum absolute atomic E-state index is 12.0. The molecule has 1 unspecified atom stereocenters. The van der Waals surface area contributed by atoms with Crippen molar-refractivity contribution in [3.8, 4) is 0 Å². The van der Waals surface area contributed by atoms with Crippen LogP contribution in [0.3, 0.4) is 0 Å². The van der Waals surface area contributed by atoms with Crippen LogP contribution in [0.5, 0.6) is 0 Å². The minimum Gasteiger partial charge on any atom is -0.465 e. The average Bonchev–Trinajstić information content (AvgIpc) is 3.40. The van der Waals surface area contributed by atoms with Crippen molar-refractivity contribution in [3.05, 3.63) is 29.3 Å². The Morgan fingerprint density at radius 2 is 1.90 bits per heavy atom. The topological polar surface area (TPSA) is 49.7 Å². The maximum Gasteiger partial charge on any atom is 0.512 e. The zero-order chi connectivity index (χ0) is 21.3. The summed E-state index contributed by atoms with van der Waals surface area (Å²) in [4.78, 5) is 12.0. The van der Waals surface area contributed by atoms with Crippen molar-refractivity contribution >= 4 is 29.6 Å². The molecule has 1 aromatic heterocycles. The number of hydrogen-bond acceptors (Lipinski definition) is 4. The predicted molar refractivity (Wildman–Crippen MR) is 118 cm³/mol. The van der Waals surface area contributed by atoms with Gasteiger partial charge in [-0.1, -0.05) is 32.8 Å². The van der Waals surface area contributed by atoms with Crippen LogP contribution in [-0.4, -0.2) is 36.5 Å². The van der Waals surface area contributed by atoms with Crippen LogP contribution in [0.4, 0.5) is 0 Å². The molecule has 1 saturated heterocycles. The smallest absolute Gasteiger partial charge is 0.465 e. The van der Waals surface area contributed by atoms with Crippen molar-refractivity contribution in [1.29, 1.82) is 0 Å². The molecule has 2 heterocycles. The number of fused-ring (bicyclic) bond motifs is 1. The quantitative estimate of drug-likeness (QED) is 0.561. The van der Waals surface area contributed by atoms with Crippen molar-refractivity contribution in [2.45, 2.75) is 77.9 Å². The first kappa shape index (κ1) is 21.9. The van der Waals surface area contributed by atoms with E-state index in [9.17, 15) is 4.79 Å². The molecule has 0 radical (unpaired) electrons. The fourth-order valence-corrected chi connectivity index (χ4v) is 4.53. The highest BCUT2D eigenvalue weighted by Gasteiger charge is 2.47. The van der Waals surface area contributed by atoms with E-state index >= 15 is 0 Å². The molecule has 2 fully saturated rings. The van der Waals surface area contributed by atoms with Gasteiger partial charge in [0, 0.05) is 18.0 Å². The number of ether oxygens (including phenoxy) is 1. The Kier molecular flexibility index (Phi) is 6.44. The molecule has 0 N–H and O–H groups in total. The van der Waals surface area contributed by atoms with Gasteiger partial charge in [-0.3, -0.25) is 0 Å². The number of rotatable bonds is 3. The number of aromatic nitrogens is 1. The fourth-order valence-electron chi connectivity index (χ4n) is 4.53. The lowest BCUT2D eigenvalue weighted by atomic mass is 9.77. The second kappa shape index (κ2) is 8.53. The Balaban J connectivity index is 0.00000117. The molecule has 1 atom stereocenters. The van der Waals surface area contributed by atoms with Gasteiger partial charge in [0.15, 0.2) is 0 Å². The van der Waals surface area contributed by atoms with Gasteiger partial charge < -0.3 is 18.6 Å². The van der Waals surface area contributed by atoms with E-state index in [0.29, 0.717) is 11.5 Å². The first-order valence-corrected chi connectivity index (χ1v) is 10.9. The first-order valence-electron chi connectivity index (χ1n) is 10.9. The van der Waals surface area contributed by atoms with Gasteiger partial charge in [0.1, 0.15) is 0 Å². The summed E-state index contributed by atoms with van der Waals surface area (Å²) in [7, 11) is 3.07. The van der Waals surface area contributed by atoms with Crippen molar-refractivity contribution < 1.29 is 18.8 Å². The van der Waals surface area contributed by atoms with Crippen LogP contribution in [0, 0.1) is 0 Å². The number of aryl methyl sites for hydroxylation is 1. The van der Waals surface area contributed by atoms with Gasteiger partial charge in [-0.15, -0.1) is 0 Å². The molecule has 4 rings (SSSR count). The number of carbonyl (C=O) groups is 1. The summed E-state index contributed by atoms with van der Waals surface area (Å²) in [5.74, 6) is 0.198. The summed E-state index contributed by atoms with van der Waals surface area (Å²) in [5.41, 5.74) is 3.69. The summed E-state index contributed by atoms with van der Waals surface area (Å²) in [6.07, 6.45) is 4.92. The van der Waals surface area contributed by atoms with Crippen LogP contribution < -0.4 is 5.59 Å². The molecule has 1 aromatic carbocycles. The highest BCUT2D eigenvalue weighted by molar-refractivity contribution is 6.62. The van der Waals surface area contributed by atoms with E-state index in [1.54, 1.807) is 0 Å². The van der Waals surface area contributed by atoms with Crippen LogP contribution >= 0.6 is 0 Å². The van der Waals surface area contributed by atoms with E-state index in [2.05, 4.69) is 31.4 Å². The SMILES string of the molecule is CC.COC(=O)c1ccc2c(C3CCCC3)c(B3OC(C)C(C)(C)O3)n(C)c2c1. The molecule has 0 amide bonds. The third kappa shape index (κ3) is 3.85. The maximum atomic E-state index is 12.0. The lowest BCUT2D eigenvalue weighted by molar-refractivity contribution is 0.0601. The third-order valence-electron chi connectivity index (χ3n) is 6.41. The number of benzene rings is 1. The highest BCUT2D eigenvalue weighted by atomic mass is 16.7. The molecule has 6 heteroatoms. The Morgan fingerprint density at radius 3 is 2.45 bits per heavy atom. The molecule has 2 aliphatic rings. The average molecular weight is 399 g/mol. The van der Waals surface area contributed by atoms with Gasteiger partial charge in [-0.2, -0.15) is 0 Å². The van der Waals surface area contributed by atoms with Crippen LogP contribution in [0.1, 0.15) is 82.1 Å². The summed E-state index contributed by atoms with van der Waals surface area (Å²) in [5, 5.41) is 1.19. The summed E-state index contributed by atoms with van der Waals surface area (Å²) in [6, 6.07) is 5.84. The van der Waals surface area contributed by atoms with E-state index in [4.69, 9.17) is 14.0 Å². The Labute approximate surface area is 174 Å². The lowest BCUT2D eigenvalue weighted by Gasteiger charge is -2.21. The molecule has 5 nitrogen and oxygen atoms in total. The lowest BCUT2D eigenvalue weighted by Crippen LogP contribution is -2.41. The Bertz CT molecular complexity index is 883. The van der Waals surface area contributed by atoms with Crippen molar-refractivity contribution in [3.63, 3.8) is 0 Å². The molecule has 29 heavy (non-hydrogen) atoms. The standard InChI is InChI=1S/C21H28BNO4.C2H6/c1-13-21(2,3)27-22(26-13)19-18(14-8-6-7-9-14)16-11-10-15(20(24)25-5)12-17(16)23(19)4;1-2/h10-14H,6-9H2,1-5H3;1-2H3. The third-order valence-corrected chi connectivity index (χ3v) is 6.41. The molecule has 1 aliphatic heterocycles. The van der Waals surface area contributed by atoms with E-state index < -0.39 is 0 Å². The minimum atomic E-state index is -0.385. The minimum absolute atomic E-state index is 0.0163. The molecule has 1 aliphatic carbocycles. The van der Waals surface area contributed by atoms with Crippen molar-refractivity contribution in [2.75, 3.05) is 7.11 Å². The molecule has 1 saturated carbocycles. The molecule has 0 bridgehead atoms. The molecular formula is C23H34BNO4. The van der Waals surface area contributed by atoms with Crippen LogP contribution in [0.15, 0.2) is 18.2 Å². The fraction of sp³-hybridized carbons (Fsp3) is 0.609. The molecule has 158 valence electrons. The Hall–Kier alpha value is -1.79. The first-order chi connectivity index (χ1) is 13.8. The summed E-state index contributed by atoms with van der Waals surface area (Å²) >= 11 is 0. The number of esters is 1. The van der Waals surface area contributed by atoms with Gasteiger partial charge in [0.25, 0.3) is 0 Å². The monoisotopic (exact) mass is 399 g/mol. The van der Waals surface area contributed by atoms with Crippen LogP contribution in [-0.2, 0) is 21.1 Å². The second-order valence-corrected chi connectivity index (χ2v) is 8.39. The van der Waals surface area contributed by atoms with Crippen molar-refractivity contribution in [2.24, 2.45) is 7.05 Å². The van der Waals surface area contributed by atoms with Gasteiger partial charge >= 0.3 is 13.1 Å². The van der Waals surface area contributed by atoms with E-state index in [0.717, 1.165) is 11.1 Å². The number of methoxy groups -OCH3 is 1. The number of carbonyl (C=O) groups excluding carboxylic acids is 1. The van der Waals surface area contributed by atoms with E-state index in [1.807, 2.05) is 33.0 Å². The molecule has 2 aromatic rings. The van der Waals surface area contributed by atoms with Crippen molar-refractivity contribution in [1.82, 2.24) is 4.57 Å². The van der Waals surface area contributed by atoms with Gasteiger partial charge in [-0.05, 0) is 57.2 Å². The molecular weight excluding hydrogens is 365 g/mol. The largest absolute Gasteiger partial charge is 0.512 e. The van der Waals surface area contributed by atoms with Crippen LogP contribution in [0.25, 0.3) is 10.9 Å². The summed E-state index contributed by atoms with van der Waals surface area (Å²) in [6.45, 7) is 10.2. The highest BCUT2D eigenvalue weighted by Crippen LogP contribution is 2.39. The van der Waals surface area contributed by atoms with E-state index in [-0.39, 0.29) is 24.8 Å². The Morgan fingerprint density at radius 1 is 1.24 bits per heavy atom. The second-order valence-electron chi connectivity index (χ2n) is 8.39. The summed E-state index contributed by atoms with van der Waals surface area (Å²) < 4.78 is 19.6.